The highest BCUT2D eigenvalue weighted by molar-refractivity contribution is 5.78. The molecule has 6 aliphatic rings. The van der Waals surface area contributed by atoms with Crippen molar-refractivity contribution in [2.75, 3.05) is 13.2 Å². The molecule has 1 heterocycles. The predicted molar refractivity (Wildman–Crippen MR) is 162 cm³/mol. The van der Waals surface area contributed by atoms with Gasteiger partial charge in [0.2, 0.25) is 0 Å². The van der Waals surface area contributed by atoms with Gasteiger partial charge in [0, 0.05) is 5.41 Å². The fourth-order valence-electron chi connectivity index (χ4n) is 12.8. The van der Waals surface area contributed by atoms with E-state index in [0.29, 0.717) is 36.2 Å². The minimum atomic E-state index is -0.426. The first-order valence-corrected chi connectivity index (χ1v) is 17.0. The van der Waals surface area contributed by atoms with Crippen molar-refractivity contribution in [3.05, 3.63) is 35.9 Å². The molecule has 5 heteroatoms. The molecule has 42 heavy (non-hydrogen) atoms. The van der Waals surface area contributed by atoms with E-state index in [0.717, 1.165) is 70.0 Å². The molecule has 6 fully saturated rings. The van der Waals surface area contributed by atoms with Crippen molar-refractivity contribution in [3.8, 4) is 0 Å². The number of fused-ring (bicyclic) bond motifs is 7. The van der Waals surface area contributed by atoms with Crippen LogP contribution in [0.4, 0.5) is 0 Å². The Hall–Kier alpha value is -1.43. The van der Waals surface area contributed by atoms with E-state index in [1.807, 2.05) is 30.3 Å². The molecule has 4 unspecified atom stereocenters. The van der Waals surface area contributed by atoms with Crippen LogP contribution in [0, 0.1) is 56.7 Å². The first kappa shape index (κ1) is 29.3. The predicted octanol–water partition coefficient (Wildman–Crippen LogP) is 6.93. The van der Waals surface area contributed by atoms with Gasteiger partial charge in [-0.2, -0.15) is 0 Å². The summed E-state index contributed by atoms with van der Waals surface area (Å²) in [4.78, 5) is 14.3. The number of epoxide rings is 1. The number of benzene rings is 1. The summed E-state index contributed by atoms with van der Waals surface area (Å²) in [5.74, 6) is 2.11. The molecule has 0 spiro atoms. The SMILES string of the molecule is CC1(C2CC[C@]3(C(=O)OCc4ccccc4)CC[C@]4(C)C(CC[C@@H]5[C@@]6(C)CC[C@H](O)[C@@](C)(CO)[C@@H]6CC[C@]54C)C23)CO1. The molecule has 1 aromatic rings. The van der Waals surface area contributed by atoms with Gasteiger partial charge in [0.15, 0.2) is 0 Å². The van der Waals surface area contributed by atoms with Crippen LogP contribution in [-0.2, 0) is 20.9 Å². The maximum atomic E-state index is 14.3. The third kappa shape index (κ3) is 3.75. The van der Waals surface area contributed by atoms with Crippen LogP contribution < -0.4 is 0 Å². The molecule has 1 aliphatic heterocycles. The summed E-state index contributed by atoms with van der Waals surface area (Å²) in [6.07, 6.45) is 9.92. The molecule has 1 saturated heterocycles. The lowest BCUT2D eigenvalue weighted by molar-refractivity contribution is -0.256. The Morgan fingerprint density at radius 3 is 2.29 bits per heavy atom. The van der Waals surface area contributed by atoms with Gasteiger partial charge >= 0.3 is 5.97 Å². The van der Waals surface area contributed by atoms with Crippen LogP contribution in [0.25, 0.3) is 0 Å². The summed E-state index contributed by atoms with van der Waals surface area (Å²) in [6.45, 7) is 13.4. The fraction of sp³-hybridized carbons (Fsp3) is 0.811. The van der Waals surface area contributed by atoms with Crippen molar-refractivity contribution in [2.45, 2.75) is 117 Å². The Balaban J connectivity index is 1.23. The zero-order valence-corrected chi connectivity index (χ0v) is 26.7. The van der Waals surface area contributed by atoms with Crippen molar-refractivity contribution in [1.82, 2.24) is 0 Å². The molecule has 0 amide bonds. The second kappa shape index (κ2) is 9.54. The van der Waals surface area contributed by atoms with E-state index in [4.69, 9.17) is 9.47 Å². The van der Waals surface area contributed by atoms with Crippen LogP contribution in [-0.4, -0.2) is 41.1 Å². The van der Waals surface area contributed by atoms with Gasteiger partial charge in [-0.15, -0.1) is 0 Å². The van der Waals surface area contributed by atoms with Gasteiger partial charge in [-0.3, -0.25) is 4.79 Å². The Labute approximate surface area is 253 Å². The zero-order chi connectivity index (χ0) is 29.8. The number of rotatable bonds is 5. The third-order valence-electron chi connectivity index (χ3n) is 15.6. The number of carbonyl (C=O) groups is 1. The van der Waals surface area contributed by atoms with Crippen molar-refractivity contribution in [3.63, 3.8) is 0 Å². The molecule has 12 atom stereocenters. The fourth-order valence-corrected chi connectivity index (χ4v) is 12.8. The molecule has 5 aliphatic carbocycles. The van der Waals surface area contributed by atoms with E-state index >= 15 is 0 Å². The van der Waals surface area contributed by atoms with Crippen molar-refractivity contribution < 1.29 is 24.5 Å². The molecule has 2 N–H and O–H groups in total. The van der Waals surface area contributed by atoms with Crippen LogP contribution in [0.3, 0.4) is 0 Å². The normalized spacial score (nSPS) is 52.8. The van der Waals surface area contributed by atoms with Gasteiger partial charge in [0.25, 0.3) is 0 Å². The lowest BCUT2D eigenvalue weighted by Crippen LogP contribution is -2.68. The molecule has 5 saturated carbocycles. The van der Waals surface area contributed by atoms with E-state index in [1.165, 1.54) is 6.42 Å². The molecule has 1 aromatic carbocycles. The second-order valence-electron chi connectivity index (χ2n) is 16.9. The smallest absolute Gasteiger partial charge is 0.312 e. The molecular weight excluding hydrogens is 524 g/mol. The maximum Gasteiger partial charge on any atom is 0.312 e. The monoisotopic (exact) mass is 578 g/mol. The number of carbonyl (C=O) groups excluding carboxylic acids is 1. The van der Waals surface area contributed by atoms with E-state index < -0.39 is 16.9 Å². The van der Waals surface area contributed by atoms with Crippen LogP contribution in [0.2, 0.25) is 0 Å². The summed E-state index contributed by atoms with van der Waals surface area (Å²) in [5.41, 5.74) is 0.528. The molecule has 0 bridgehead atoms. The third-order valence-corrected chi connectivity index (χ3v) is 15.6. The number of aliphatic hydroxyl groups is 2. The Morgan fingerprint density at radius 1 is 0.857 bits per heavy atom. The molecular formula is C37H54O5. The Kier molecular flexibility index (Phi) is 6.65. The number of ether oxygens (including phenoxy) is 2. The van der Waals surface area contributed by atoms with Gasteiger partial charge in [-0.1, -0.05) is 58.0 Å². The average Bonchev–Trinajstić information content (AvgIpc) is 3.59. The van der Waals surface area contributed by atoms with Crippen LogP contribution in [0.1, 0.15) is 104 Å². The molecule has 232 valence electrons. The van der Waals surface area contributed by atoms with Crippen LogP contribution in [0.15, 0.2) is 30.3 Å². The topological polar surface area (TPSA) is 79.3 Å². The maximum absolute atomic E-state index is 14.3. The second-order valence-corrected chi connectivity index (χ2v) is 16.9. The van der Waals surface area contributed by atoms with Gasteiger partial charge in [0.1, 0.15) is 6.61 Å². The number of hydrogen-bond acceptors (Lipinski definition) is 5. The molecule has 0 aromatic heterocycles. The molecule has 5 nitrogen and oxygen atoms in total. The highest BCUT2D eigenvalue weighted by Crippen LogP contribution is 2.78. The van der Waals surface area contributed by atoms with Gasteiger partial charge in [0.05, 0.1) is 30.3 Å². The lowest BCUT2D eigenvalue weighted by Gasteiger charge is -2.72. The summed E-state index contributed by atoms with van der Waals surface area (Å²) in [6, 6.07) is 10.1. The summed E-state index contributed by atoms with van der Waals surface area (Å²) in [5, 5.41) is 21.6. The Bertz CT molecular complexity index is 1210. The van der Waals surface area contributed by atoms with Crippen molar-refractivity contribution in [2.24, 2.45) is 56.7 Å². The van der Waals surface area contributed by atoms with E-state index in [1.54, 1.807) is 0 Å². The minimum Gasteiger partial charge on any atom is -0.460 e. The van der Waals surface area contributed by atoms with Crippen LogP contribution in [0.5, 0.6) is 0 Å². The highest BCUT2D eigenvalue weighted by Gasteiger charge is 2.74. The lowest BCUT2D eigenvalue weighted by atomic mass is 9.32. The van der Waals surface area contributed by atoms with Crippen LogP contribution >= 0.6 is 0 Å². The Morgan fingerprint density at radius 2 is 1.60 bits per heavy atom. The number of esters is 1. The number of aliphatic hydroxyl groups excluding tert-OH is 2. The van der Waals surface area contributed by atoms with E-state index in [-0.39, 0.29) is 34.4 Å². The molecule has 0 radical (unpaired) electrons. The summed E-state index contributed by atoms with van der Waals surface area (Å²) >= 11 is 0. The van der Waals surface area contributed by atoms with Gasteiger partial charge in [-0.25, -0.2) is 0 Å². The minimum absolute atomic E-state index is 0.0353. The first-order chi connectivity index (χ1) is 19.9. The summed E-state index contributed by atoms with van der Waals surface area (Å²) < 4.78 is 12.4. The van der Waals surface area contributed by atoms with Crippen molar-refractivity contribution >= 4 is 5.97 Å². The zero-order valence-electron chi connectivity index (χ0n) is 26.7. The highest BCUT2D eigenvalue weighted by atomic mass is 16.6. The van der Waals surface area contributed by atoms with Gasteiger partial charge in [-0.05, 0) is 123 Å². The quantitative estimate of drug-likeness (QED) is 0.293. The van der Waals surface area contributed by atoms with Crippen molar-refractivity contribution in [1.29, 1.82) is 0 Å². The van der Waals surface area contributed by atoms with E-state index in [2.05, 4.69) is 34.6 Å². The number of hydrogen-bond donors (Lipinski definition) is 2. The van der Waals surface area contributed by atoms with Gasteiger partial charge < -0.3 is 19.7 Å². The largest absolute Gasteiger partial charge is 0.460 e. The first-order valence-electron chi connectivity index (χ1n) is 17.0. The molecule has 7 rings (SSSR count). The van der Waals surface area contributed by atoms with E-state index in [9.17, 15) is 15.0 Å². The average molecular weight is 579 g/mol. The summed E-state index contributed by atoms with van der Waals surface area (Å²) in [7, 11) is 0. The standard InChI is InChI=1S/C37H54O5/c1-32-16-15-29(39)33(2,22-38)27(32)14-17-35(4)28(32)12-11-25-30-26(36(5)23-42-36)13-18-37(30,20-19-34(25,35)3)31(40)41-21-24-9-7-6-8-10-24/h6-10,25-30,38-39H,11-23H2,1-5H3/t25?,26?,27-,28-,29+,30?,32+,33+,34-,35-,36?,37+/m1/s1.